The minimum atomic E-state index is -0.490. The van der Waals surface area contributed by atoms with Crippen molar-refractivity contribution in [1.29, 1.82) is 0 Å². The summed E-state index contributed by atoms with van der Waals surface area (Å²) in [5.74, 6) is -0.408. The Hall–Kier alpha value is -3.22. The Bertz CT molecular complexity index is 1130. The molecule has 0 aliphatic carbocycles. The Labute approximate surface area is 161 Å². The highest BCUT2D eigenvalue weighted by Crippen LogP contribution is 2.24. The number of hydrogen-bond donors (Lipinski definition) is 0. The summed E-state index contributed by atoms with van der Waals surface area (Å²) >= 11 is 0. The van der Waals surface area contributed by atoms with Gasteiger partial charge in [-0.1, -0.05) is 6.07 Å². The second-order valence-electron chi connectivity index (χ2n) is 6.90. The molecule has 1 fully saturated rings. The van der Waals surface area contributed by atoms with E-state index >= 15 is 0 Å². The van der Waals surface area contributed by atoms with Gasteiger partial charge < -0.3 is 9.64 Å². The predicted molar refractivity (Wildman–Crippen MR) is 105 cm³/mol. The molecule has 6 nitrogen and oxygen atoms in total. The lowest BCUT2D eigenvalue weighted by Crippen LogP contribution is -2.30. The van der Waals surface area contributed by atoms with Crippen molar-refractivity contribution in [3.05, 3.63) is 63.7 Å². The van der Waals surface area contributed by atoms with E-state index < -0.39 is 5.97 Å². The van der Waals surface area contributed by atoms with Crippen LogP contribution in [0.15, 0.2) is 41.2 Å². The minimum absolute atomic E-state index is 0.299. The van der Waals surface area contributed by atoms with E-state index in [1.165, 1.54) is 23.8 Å². The highest BCUT2D eigenvalue weighted by molar-refractivity contribution is 5.94. The molecule has 0 saturated carbocycles. The number of nitrogens with zero attached hydrogens (tertiary/aromatic N) is 3. The van der Waals surface area contributed by atoms with Gasteiger partial charge in [0.15, 0.2) is 0 Å². The lowest BCUT2D eigenvalue weighted by atomic mass is 10.1. The average molecular weight is 381 g/mol. The number of anilines is 1. The van der Waals surface area contributed by atoms with Crippen LogP contribution in [-0.4, -0.2) is 35.7 Å². The lowest BCUT2D eigenvalue weighted by Gasteiger charge is -2.22. The van der Waals surface area contributed by atoms with Crippen LogP contribution in [0.5, 0.6) is 0 Å². The lowest BCUT2D eigenvalue weighted by molar-refractivity contribution is 0.0601. The second kappa shape index (κ2) is 7.07. The van der Waals surface area contributed by atoms with E-state index in [1.54, 1.807) is 31.2 Å². The first-order valence-corrected chi connectivity index (χ1v) is 9.16. The maximum absolute atomic E-state index is 14.2. The molecule has 0 radical (unpaired) electrons. The summed E-state index contributed by atoms with van der Waals surface area (Å²) in [6, 6.07) is 9.37. The number of carbonyl (C=O) groups is 1. The number of halogens is 1. The average Bonchev–Trinajstić information content (AvgIpc) is 3.24. The molecule has 28 heavy (non-hydrogen) atoms. The Balaban J connectivity index is 2.00. The third-order valence-electron chi connectivity index (χ3n) is 5.08. The molecule has 0 spiro atoms. The van der Waals surface area contributed by atoms with E-state index in [2.05, 4.69) is 4.98 Å². The van der Waals surface area contributed by atoms with Crippen molar-refractivity contribution < 1.29 is 13.9 Å². The van der Waals surface area contributed by atoms with Crippen LogP contribution in [0.4, 0.5) is 10.3 Å². The highest BCUT2D eigenvalue weighted by atomic mass is 19.1. The van der Waals surface area contributed by atoms with Gasteiger partial charge in [-0.2, -0.15) is 0 Å². The summed E-state index contributed by atoms with van der Waals surface area (Å²) in [5.41, 5.74) is 1.39. The van der Waals surface area contributed by atoms with Crippen molar-refractivity contribution in [2.45, 2.75) is 19.8 Å². The number of hydrogen-bond acceptors (Lipinski definition) is 5. The van der Waals surface area contributed by atoms with E-state index in [0.717, 1.165) is 25.9 Å². The third kappa shape index (κ3) is 3.02. The molecule has 1 aliphatic rings. The number of methoxy groups -OCH3 is 1. The molecule has 144 valence electrons. The summed E-state index contributed by atoms with van der Waals surface area (Å²) in [4.78, 5) is 31.9. The molecular formula is C21H20FN3O3. The number of aryl methyl sites for hydroxylation is 1. The number of rotatable bonds is 3. The Morgan fingerprint density at radius 2 is 1.89 bits per heavy atom. The Kier molecular flexibility index (Phi) is 4.58. The van der Waals surface area contributed by atoms with Gasteiger partial charge in [0.25, 0.3) is 5.56 Å². The smallest absolute Gasteiger partial charge is 0.337 e. The van der Waals surface area contributed by atoms with Gasteiger partial charge in [-0.3, -0.25) is 4.79 Å². The first-order chi connectivity index (χ1) is 13.5. The van der Waals surface area contributed by atoms with Gasteiger partial charge in [-0.05, 0) is 55.7 Å². The summed E-state index contributed by atoms with van der Waals surface area (Å²) in [6.07, 6.45) is 2.00. The minimum Gasteiger partial charge on any atom is -0.465 e. The normalized spacial score (nSPS) is 13.9. The summed E-state index contributed by atoms with van der Waals surface area (Å²) in [7, 11) is 1.31. The second-order valence-corrected chi connectivity index (χ2v) is 6.90. The zero-order valence-corrected chi connectivity index (χ0v) is 15.7. The first-order valence-electron chi connectivity index (χ1n) is 9.16. The van der Waals surface area contributed by atoms with Gasteiger partial charge in [0, 0.05) is 13.1 Å². The zero-order chi connectivity index (χ0) is 19.8. The molecule has 1 saturated heterocycles. The van der Waals surface area contributed by atoms with E-state index in [-0.39, 0.29) is 11.4 Å². The van der Waals surface area contributed by atoms with Crippen LogP contribution in [-0.2, 0) is 4.74 Å². The van der Waals surface area contributed by atoms with Crippen LogP contribution in [0, 0.1) is 12.7 Å². The number of benzene rings is 2. The first kappa shape index (κ1) is 18.2. The van der Waals surface area contributed by atoms with Gasteiger partial charge in [-0.25, -0.2) is 18.7 Å². The van der Waals surface area contributed by atoms with Crippen LogP contribution in [0.25, 0.3) is 16.6 Å². The van der Waals surface area contributed by atoms with Crippen LogP contribution in [0.1, 0.15) is 28.8 Å². The van der Waals surface area contributed by atoms with Crippen molar-refractivity contribution >= 4 is 22.8 Å². The summed E-state index contributed by atoms with van der Waals surface area (Å²) in [6.45, 7) is 3.21. The number of fused-ring (bicyclic) bond motifs is 1. The topological polar surface area (TPSA) is 64.4 Å². The van der Waals surface area contributed by atoms with Crippen molar-refractivity contribution in [3.63, 3.8) is 0 Å². The van der Waals surface area contributed by atoms with Crippen LogP contribution >= 0.6 is 0 Å². The van der Waals surface area contributed by atoms with Crippen LogP contribution < -0.4 is 10.5 Å². The Morgan fingerprint density at radius 3 is 2.57 bits per heavy atom. The van der Waals surface area contributed by atoms with Crippen molar-refractivity contribution in [1.82, 2.24) is 9.55 Å². The molecule has 3 aromatic rings. The molecular weight excluding hydrogens is 361 g/mol. The maximum Gasteiger partial charge on any atom is 0.337 e. The monoisotopic (exact) mass is 381 g/mol. The quantitative estimate of drug-likeness (QED) is 0.652. The largest absolute Gasteiger partial charge is 0.465 e. The molecule has 0 N–H and O–H groups in total. The number of esters is 1. The van der Waals surface area contributed by atoms with Crippen LogP contribution in [0.3, 0.4) is 0 Å². The van der Waals surface area contributed by atoms with E-state index in [0.29, 0.717) is 33.7 Å². The molecule has 4 rings (SSSR count). The van der Waals surface area contributed by atoms with E-state index in [1.807, 2.05) is 4.90 Å². The molecule has 1 aromatic heterocycles. The SMILES string of the molecule is COC(=O)c1ccc2c(=O)n(-c3ccc(C)c(F)c3)c(N3CCCC3)nc2c1. The van der Waals surface area contributed by atoms with Gasteiger partial charge in [0.1, 0.15) is 5.82 Å². The third-order valence-corrected chi connectivity index (χ3v) is 5.08. The molecule has 2 heterocycles. The van der Waals surface area contributed by atoms with Gasteiger partial charge in [0.2, 0.25) is 5.95 Å². The van der Waals surface area contributed by atoms with Crippen molar-refractivity contribution in [2.24, 2.45) is 0 Å². The predicted octanol–water partition coefficient (Wildman–Crippen LogP) is 3.22. The summed E-state index contributed by atoms with van der Waals surface area (Å²) in [5, 5.41) is 0.358. The molecule has 0 atom stereocenters. The molecule has 0 unspecified atom stereocenters. The highest BCUT2D eigenvalue weighted by Gasteiger charge is 2.22. The summed E-state index contributed by atoms with van der Waals surface area (Å²) < 4.78 is 20.4. The van der Waals surface area contributed by atoms with Gasteiger partial charge >= 0.3 is 5.97 Å². The zero-order valence-electron chi connectivity index (χ0n) is 15.7. The molecule has 7 heteroatoms. The van der Waals surface area contributed by atoms with E-state index in [4.69, 9.17) is 4.74 Å². The molecule has 2 aromatic carbocycles. The fourth-order valence-corrected chi connectivity index (χ4v) is 3.50. The van der Waals surface area contributed by atoms with E-state index in [9.17, 15) is 14.0 Å². The maximum atomic E-state index is 14.2. The molecule has 0 amide bonds. The Morgan fingerprint density at radius 1 is 1.14 bits per heavy atom. The van der Waals surface area contributed by atoms with Gasteiger partial charge in [0.05, 0.1) is 29.3 Å². The standard InChI is InChI=1S/C21H20FN3O3/c1-13-5-7-15(12-17(13)22)25-19(26)16-8-6-14(20(27)28-2)11-18(16)23-21(25)24-9-3-4-10-24/h5-8,11-12H,3-4,9-10H2,1-2H3. The molecule has 1 aliphatic heterocycles. The fourth-order valence-electron chi connectivity index (χ4n) is 3.50. The fraction of sp³-hybridized carbons (Fsp3) is 0.286. The molecule has 0 bridgehead atoms. The van der Waals surface area contributed by atoms with Crippen LogP contribution in [0.2, 0.25) is 0 Å². The number of ether oxygens (including phenoxy) is 1. The van der Waals surface area contributed by atoms with Crippen molar-refractivity contribution in [2.75, 3.05) is 25.1 Å². The van der Waals surface area contributed by atoms with Crippen molar-refractivity contribution in [3.8, 4) is 5.69 Å². The van der Waals surface area contributed by atoms with Gasteiger partial charge in [-0.15, -0.1) is 0 Å². The number of carbonyl (C=O) groups excluding carboxylic acids is 1. The number of aromatic nitrogens is 2.